The normalized spacial score (nSPS) is 22.3. The molecule has 1 aromatic rings. The standard InChI is InChI=1S/C10H12BrClN2O3S/c1-17-4-7-8(11)9(12)14-10(13-7)6-2-3-18(15,16)5-6/h6H,2-5H2,1H3. The van der Waals surface area contributed by atoms with Crippen LogP contribution in [0.15, 0.2) is 4.47 Å². The summed E-state index contributed by atoms with van der Waals surface area (Å²) in [6.45, 7) is 0.301. The molecule has 1 unspecified atom stereocenters. The van der Waals surface area contributed by atoms with E-state index in [4.69, 9.17) is 16.3 Å². The van der Waals surface area contributed by atoms with Crippen molar-refractivity contribution in [3.8, 4) is 0 Å². The molecule has 1 fully saturated rings. The molecule has 0 bridgehead atoms. The van der Waals surface area contributed by atoms with Crippen LogP contribution in [0.4, 0.5) is 0 Å². The largest absolute Gasteiger partial charge is 0.378 e. The summed E-state index contributed by atoms with van der Waals surface area (Å²) in [5.74, 6) is 0.596. The molecule has 1 aromatic heterocycles. The van der Waals surface area contributed by atoms with E-state index in [1.54, 1.807) is 7.11 Å². The van der Waals surface area contributed by atoms with Crippen molar-refractivity contribution in [1.29, 1.82) is 0 Å². The van der Waals surface area contributed by atoms with Crippen LogP contribution in [0.3, 0.4) is 0 Å². The van der Waals surface area contributed by atoms with E-state index in [1.165, 1.54) is 0 Å². The lowest BCUT2D eigenvalue weighted by Crippen LogP contribution is -2.10. The van der Waals surface area contributed by atoms with Gasteiger partial charge in [0, 0.05) is 13.0 Å². The molecule has 0 spiro atoms. The zero-order valence-electron chi connectivity index (χ0n) is 9.69. The molecule has 0 amide bonds. The molecule has 0 N–H and O–H groups in total. The predicted molar refractivity (Wildman–Crippen MR) is 71.5 cm³/mol. The minimum atomic E-state index is -2.96. The molecule has 0 saturated carbocycles. The van der Waals surface area contributed by atoms with Gasteiger partial charge < -0.3 is 4.74 Å². The van der Waals surface area contributed by atoms with Crippen molar-refractivity contribution in [2.75, 3.05) is 18.6 Å². The van der Waals surface area contributed by atoms with Gasteiger partial charge in [-0.25, -0.2) is 18.4 Å². The van der Waals surface area contributed by atoms with Gasteiger partial charge in [0.05, 0.1) is 28.3 Å². The maximum atomic E-state index is 11.5. The monoisotopic (exact) mass is 354 g/mol. The first-order valence-corrected chi connectivity index (χ1v) is 8.33. The van der Waals surface area contributed by atoms with Gasteiger partial charge in [-0.15, -0.1) is 0 Å². The first kappa shape index (κ1) is 14.2. The third-order valence-corrected chi connectivity index (χ3v) is 5.88. The lowest BCUT2D eigenvalue weighted by molar-refractivity contribution is 0.180. The van der Waals surface area contributed by atoms with Crippen LogP contribution in [0.2, 0.25) is 5.15 Å². The van der Waals surface area contributed by atoms with Crippen LogP contribution >= 0.6 is 27.5 Å². The van der Waals surface area contributed by atoms with Crippen LogP contribution in [0.25, 0.3) is 0 Å². The molecule has 1 aliphatic rings. The van der Waals surface area contributed by atoms with Crippen LogP contribution in [-0.4, -0.2) is 37.0 Å². The fourth-order valence-corrected chi connectivity index (χ4v) is 4.12. The highest BCUT2D eigenvalue weighted by atomic mass is 79.9. The van der Waals surface area contributed by atoms with Crippen LogP contribution in [0.5, 0.6) is 0 Å². The number of methoxy groups -OCH3 is 1. The Morgan fingerprint density at radius 2 is 2.22 bits per heavy atom. The fourth-order valence-electron chi connectivity index (χ4n) is 1.89. The molecule has 1 saturated heterocycles. The van der Waals surface area contributed by atoms with Gasteiger partial charge in [0.25, 0.3) is 0 Å². The fraction of sp³-hybridized carbons (Fsp3) is 0.600. The van der Waals surface area contributed by atoms with E-state index in [0.29, 0.717) is 29.0 Å². The molecule has 0 aliphatic carbocycles. The third-order valence-electron chi connectivity index (χ3n) is 2.78. The van der Waals surface area contributed by atoms with Gasteiger partial charge in [-0.3, -0.25) is 0 Å². The van der Waals surface area contributed by atoms with Gasteiger partial charge >= 0.3 is 0 Å². The van der Waals surface area contributed by atoms with E-state index < -0.39 is 9.84 Å². The van der Waals surface area contributed by atoms with Crippen molar-refractivity contribution < 1.29 is 13.2 Å². The van der Waals surface area contributed by atoms with E-state index in [2.05, 4.69) is 25.9 Å². The Hall–Kier alpha value is -0.240. The Kier molecular flexibility index (Phi) is 4.25. The van der Waals surface area contributed by atoms with Gasteiger partial charge in [0.15, 0.2) is 9.84 Å². The van der Waals surface area contributed by atoms with Gasteiger partial charge in [0.2, 0.25) is 0 Å². The van der Waals surface area contributed by atoms with E-state index in [9.17, 15) is 8.42 Å². The third kappa shape index (κ3) is 3.01. The average Bonchev–Trinajstić information content (AvgIpc) is 2.65. The second-order valence-electron chi connectivity index (χ2n) is 4.17. The highest BCUT2D eigenvalue weighted by molar-refractivity contribution is 9.10. The number of aromatic nitrogens is 2. The quantitative estimate of drug-likeness (QED) is 0.775. The Labute approximate surface area is 119 Å². The van der Waals surface area contributed by atoms with Crippen LogP contribution < -0.4 is 0 Å². The van der Waals surface area contributed by atoms with Gasteiger partial charge in [-0.1, -0.05) is 11.6 Å². The van der Waals surface area contributed by atoms with Crippen LogP contribution in [-0.2, 0) is 21.2 Å². The van der Waals surface area contributed by atoms with E-state index in [-0.39, 0.29) is 22.6 Å². The summed E-state index contributed by atoms with van der Waals surface area (Å²) in [4.78, 5) is 8.49. The molecule has 0 aromatic carbocycles. The van der Waals surface area contributed by atoms with Crippen LogP contribution in [0, 0.1) is 0 Å². The van der Waals surface area contributed by atoms with Crippen molar-refractivity contribution in [3.05, 3.63) is 21.1 Å². The number of rotatable bonds is 3. The highest BCUT2D eigenvalue weighted by Crippen LogP contribution is 2.30. The lowest BCUT2D eigenvalue weighted by atomic mass is 10.1. The molecule has 1 atom stereocenters. The van der Waals surface area contributed by atoms with Gasteiger partial charge in [-0.05, 0) is 22.4 Å². The van der Waals surface area contributed by atoms with E-state index in [1.807, 2.05) is 0 Å². The van der Waals surface area contributed by atoms with Crippen molar-refractivity contribution in [1.82, 2.24) is 9.97 Å². The zero-order chi connectivity index (χ0) is 13.3. The smallest absolute Gasteiger partial charge is 0.151 e. The maximum Gasteiger partial charge on any atom is 0.151 e. The first-order valence-electron chi connectivity index (χ1n) is 5.34. The molecule has 8 heteroatoms. The topological polar surface area (TPSA) is 69.2 Å². The molecular formula is C10H12BrClN2O3S. The molecule has 18 heavy (non-hydrogen) atoms. The molecular weight excluding hydrogens is 344 g/mol. The average molecular weight is 356 g/mol. The molecule has 5 nitrogen and oxygen atoms in total. The molecule has 0 radical (unpaired) electrons. The summed E-state index contributed by atoms with van der Waals surface area (Å²) in [6, 6.07) is 0. The molecule has 2 rings (SSSR count). The van der Waals surface area contributed by atoms with E-state index in [0.717, 1.165) is 0 Å². The molecule has 1 aliphatic heterocycles. The number of hydrogen-bond donors (Lipinski definition) is 0. The van der Waals surface area contributed by atoms with E-state index >= 15 is 0 Å². The Morgan fingerprint density at radius 3 is 2.78 bits per heavy atom. The first-order chi connectivity index (χ1) is 8.43. The summed E-state index contributed by atoms with van der Waals surface area (Å²) < 4.78 is 28.5. The molecule has 100 valence electrons. The number of sulfone groups is 1. The lowest BCUT2D eigenvalue weighted by Gasteiger charge is -2.10. The summed E-state index contributed by atoms with van der Waals surface area (Å²) in [6.07, 6.45) is 0.548. The Morgan fingerprint density at radius 1 is 1.50 bits per heavy atom. The Bertz CT molecular complexity index is 564. The van der Waals surface area contributed by atoms with Crippen molar-refractivity contribution in [3.63, 3.8) is 0 Å². The van der Waals surface area contributed by atoms with Gasteiger partial charge in [-0.2, -0.15) is 0 Å². The minimum absolute atomic E-state index is 0.0946. The number of halogens is 2. The van der Waals surface area contributed by atoms with Crippen LogP contribution in [0.1, 0.15) is 23.9 Å². The summed E-state index contributed by atoms with van der Waals surface area (Å²) in [5, 5.41) is 0.288. The predicted octanol–water partition coefficient (Wildman–Crippen LogP) is 1.94. The number of ether oxygens (including phenoxy) is 1. The number of nitrogens with zero attached hydrogens (tertiary/aromatic N) is 2. The Balaban J connectivity index is 2.34. The molecule has 2 heterocycles. The zero-order valence-corrected chi connectivity index (χ0v) is 12.8. The second kappa shape index (κ2) is 5.40. The maximum absolute atomic E-state index is 11.5. The number of hydrogen-bond acceptors (Lipinski definition) is 5. The second-order valence-corrected chi connectivity index (χ2v) is 7.55. The van der Waals surface area contributed by atoms with Crippen molar-refractivity contribution in [2.45, 2.75) is 18.9 Å². The van der Waals surface area contributed by atoms with Crippen molar-refractivity contribution in [2.24, 2.45) is 0 Å². The summed E-state index contributed by atoms with van der Waals surface area (Å²) in [7, 11) is -1.40. The SMILES string of the molecule is COCc1nc(C2CCS(=O)(=O)C2)nc(Cl)c1Br. The highest BCUT2D eigenvalue weighted by Gasteiger charge is 2.31. The minimum Gasteiger partial charge on any atom is -0.378 e. The summed E-state index contributed by atoms with van der Waals surface area (Å²) in [5.41, 5.74) is 0.636. The van der Waals surface area contributed by atoms with Gasteiger partial charge in [0.1, 0.15) is 11.0 Å². The van der Waals surface area contributed by atoms with Crippen molar-refractivity contribution >= 4 is 37.4 Å². The summed E-state index contributed by atoms with van der Waals surface area (Å²) >= 11 is 9.29.